The Morgan fingerprint density at radius 1 is 1.05 bits per heavy atom. The lowest BCUT2D eigenvalue weighted by atomic mass is 10.1. The lowest BCUT2D eigenvalue weighted by Gasteiger charge is -2.06. The van der Waals surface area contributed by atoms with E-state index in [0.717, 1.165) is 36.2 Å². The Hall–Kier alpha value is -1.87. The molecule has 0 aliphatic heterocycles. The van der Waals surface area contributed by atoms with Crippen molar-refractivity contribution in [2.75, 3.05) is 6.54 Å². The second-order valence-corrected chi connectivity index (χ2v) is 4.95. The normalized spacial score (nSPS) is 10.7. The molecule has 0 spiro atoms. The fraction of sp³-hybridized carbons (Fsp3) is 0.353. The highest BCUT2D eigenvalue weighted by molar-refractivity contribution is 5.59. The zero-order chi connectivity index (χ0) is 14.4. The third-order valence-corrected chi connectivity index (χ3v) is 3.41. The molecule has 1 aromatic carbocycles. The van der Waals surface area contributed by atoms with E-state index in [-0.39, 0.29) is 5.56 Å². The second-order valence-electron chi connectivity index (χ2n) is 4.95. The Labute approximate surface area is 120 Å². The van der Waals surface area contributed by atoms with E-state index >= 15 is 0 Å². The Balaban J connectivity index is 2.17. The van der Waals surface area contributed by atoms with Crippen LogP contribution in [0.15, 0.2) is 41.2 Å². The van der Waals surface area contributed by atoms with Gasteiger partial charge in [0.15, 0.2) is 0 Å². The summed E-state index contributed by atoms with van der Waals surface area (Å²) in [7, 11) is 0. The first kappa shape index (κ1) is 14.5. The van der Waals surface area contributed by atoms with Crippen molar-refractivity contribution in [1.82, 2.24) is 10.3 Å². The zero-order valence-corrected chi connectivity index (χ0v) is 12.2. The SMILES string of the molecule is CCCNCc1ccc(-c2ccc(CC)cc2)[nH]c1=O. The molecule has 3 heteroatoms. The minimum Gasteiger partial charge on any atom is -0.322 e. The van der Waals surface area contributed by atoms with Crippen molar-refractivity contribution in [3.05, 3.63) is 57.9 Å². The Morgan fingerprint density at radius 2 is 1.80 bits per heavy atom. The van der Waals surface area contributed by atoms with Gasteiger partial charge in [0.2, 0.25) is 0 Å². The fourth-order valence-electron chi connectivity index (χ4n) is 2.13. The first-order valence-electron chi connectivity index (χ1n) is 7.26. The van der Waals surface area contributed by atoms with Crippen LogP contribution >= 0.6 is 0 Å². The number of benzene rings is 1. The summed E-state index contributed by atoms with van der Waals surface area (Å²) in [6, 6.07) is 12.2. The molecule has 0 saturated carbocycles. The molecule has 3 nitrogen and oxygen atoms in total. The molecule has 2 rings (SSSR count). The minimum atomic E-state index is -0.00864. The molecule has 1 heterocycles. The van der Waals surface area contributed by atoms with Crippen LogP contribution in [0.5, 0.6) is 0 Å². The number of hydrogen-bond donors (Lipinski definition) is 2. The van der Waals surface area contributed by atoms with Crippen LogP contribution in [0.3, 0.4) is 0 Å². The molecule has 2 N–H and O–H groups in total. The largest absolute Gasteiger partial charge is 0.322 e. The van der Waals surface area contributed by atoms with Crippen molar-refractivity contribution in [1.29, 1.82) is 0 Å². The molecule has 0 bridgehead atoms. The first-order valence-corrected chi connectivity index (χ1v) is 7.26. The molecular formula is C17H22N2O. The molecule has 106 valence electrons. The number of aromatic amines is 1. The van der Waals surface area contributed by atoms with Crippen molar-refractivity contribution in [3.63, 3.8) is 0 Å². The minimum absolute atomic E-state index is 0.00864. The van der Waals surface area contributed by atoms with Crippen molar-refractivity contribution in [3.8, 4) is 11.3 Å². The number of aromatic nitrogens is 1. The predicted octanol–water partition coefficient (Wildman–Crippen LogP) is 3.10. The van der Waals surface area contributed by atoms with Gasteiger partial charge >= 0.3 is 0 Å². The van der Waals surface area contributed by atoms with Crippen LogP contribution in [0.2, 0.25) is 0 Å². The van der Waals surface area contributed by atoms with Gasteiger partial charge < -0.3 is 10.3 Å². The molecule has 0 aliphatic carbocycles. The van der Waals surface area contributed by atoms with Gasteiger partial charge in [-0.05, 0) is 36.6 Å². The van der Waals surface area contributed by atoms with Crippen LogP contribution in [-0.4, -0.2) is 11.5 Å². The molecule has 2 aromatic rings. The highest BCUT2D eigenvalue weighted by atomic mass is 16.1. The van der Waals surface area contributed by atoms with Gasteiger partial charge in [-0.2, -0.15) is 0 Å². The quantitative estimate of drug-likeness (QED) is 0.792. The van der Waals surface area contributed by atoms with Gasteiger partial charge in [-0.3, -0.25) is 4.79 Å². The number of H-pyrrole nitrogens is 1. The molecule has 0 amide bonds. The van der Waals surface area contributed by atoms with E-state index in [0.29, 0.717) is 6.54 Å². The third kappa shape index (κ3) is 3.58. The van der Waals surface area contributed by atoms with Gasteiger partial charge in [0.1, 0.15) is 0 Å². The highest BCUT2D eigenvalue weighted by Crippen LogP contribution is 2.16. The molecule has 0 atom stereocenters. The van der Waals surface area contributed by atoms with Crippen molar-refractivity contribution in [2.45, 2.75) is 33.2 Å². The average molecular weight is 270 g/mol. The number of rotatable bonds is 6. The summed E-state index contributed by atoms with van der Waals surface area (Å²) in [5.74, 6) is 0. The maximum Gasteiger partial charge on any atom is 0.252 e. The summed E-state index contributed by atoms with van der Waals surface area (Å²) in [4.78, 5) is 15.0. The van der Waals surface area contributed by atoms with Gasteiger partial charge in [-0.15, -0.1) is 0 Å². The third-order valence-electron chi connectivity index (χ3n) is 3.41. The molecule has 0 aliphatic rings. The standard InChI is InChI=1S/C17H22N2O/c1-3-11-18-12-15-9-10-16(19-17(15)20)14-7-5-13(4-2)6-8-14/h5-10,18H,3-4,11-12H2,1-2H3,(H,19,20). The lowest BCUT2D eigenvalue weighted by Crippen LogP contribution is -2.21. The number of pyridine rings is 1. The van der Waals surface area contributed by atoms with E-state index < -0.39 is 0 Å². The Morgan fingerprint density at radius 3 is 2.40 bits per heavy atom. The van der Waals surface area contributed by atoms with Gasteiger partial charge in [0, 0.05) is 17.8 Å². The topological polar surface area (TPSA) is 44.9 Å². The zero-order valence-electron chi connectivity index (χ0n) is 12.2. The van der Waals surface area contributed by atoms with E-state index in [9.17, 15) is 4.79 Å². The van der Waals surface area contributed by atoms with Crippen LogP contribution in [0.25, 0.3) is 11.3 Å². The van der Waals surface area contributed by atoms with Crippen LogP contribution in [0, 0.1) is 0 Å². The van der Waals surface area contributed by atoms with E-state index in [1.807, 2.05) is 12.1 Å². The summed E-state index contributed by atoms with van der Waals surface area (Å²) in [5, 5.41) is 3.25. The van der Waals surface area contributed by atoms with Gasteiger partial charge in [-0.1, -0.05) is 44.2 Å². The Bertz CT molecular complexity index is 599. The van der Waals surface area contributed by atoms with Crippen molar-refractivity contribution < 1.29 is 0 Å². The van der Waals surface area contributed by atoms with Crippen LogP contribution in [0.1, 0.15) is 31.4 Å². The molecular weight excluding hydrogens is 248 g/mol. The molecule has 0 unspecified atom stereocenters. The smallest absolute Gasteiger partial charge is 0.252 e. The van der Waals surface area contributed by atoms with Crippen molar-refractivity contribution >= 4 is 0 Å². The summed E-state index contributed by atoms with van der Waals surface area (Å²) in [6.45, 7) is 5.80. The molecule has 0 saturated heterocycles. The maximum absolute atomic E-state index is 12.0. The second kappa shape index (κ2) is 7.06. The van der Waals surface area contributed by atoms with Gasteiger partial charge in [-0.25, -0.2) is 0 Å². The van der Waals surface area contributed by atoms with E-state index in [2.05, 4.69) is 48.4 Å². The fourth-order valence-corrected chi connectivity index (χ4v) is 2.13. The number of aryl methyl sites for hydroxylation is 1. The Kier molecular flexibility index (Phi) is 5.13. The van der Waals surface area contributed by atoms with Gasteiger partial charge in [0.05, 0.1) is 0 Å². The monoisotopic (exact) mass is 270 g/mol. The van der Waals surface area contributed by atoms with E-state index in [1.54, 1.807) is 0 Å². The average Bonchev–Trinajstić information content (AvgIpc) is 2.49. The summed E-state index contributed by atoms with van der Waals surface area (Å²) in [5.41, 5.74) is 4.00. The van der Waals surface area contributed by atoms with E-state index in [1.165, 1.54) is 5.56 Å². The van der Waals surface area contributed by atoms with Gasteiger partial charge in [0.25, 0.3) is 5.56 Å². The number of hydrogen-bond acceptors (Lipinski definition) is 2. The summed E-state index contributed by atoms with van der Waals surface area (Å²) < 4.78 is 0. The summed E-state index contributed by atoms with van der Waals surface area (Å²) in [6.07, 6.45) is 2.10. The lowest BCUT2D eigenvalue weighted by molar-refractivity contribution is 0.671. The molecule has 1 aromatic heterocycles. The molecule has 20 heavy (non-hydrogen) atoms. The van der Waals surface area contributed by atoms with Crippen LogP contribution < -0.4 is 10.9 Å². The van der Waals surface area contributed by atoms with Crippen molar-refractivity contribution in [2.24, 2.45) is 0 Å². The predicted molar refractivity (Wildman–Crippen MR) is 83.9 cm³/mol. The summed E-state index contributed by atoms with van der Waals surface area (Å²) >= 11 is 0. The van der Waals surface area contributed by atoms with Crippen LogP contribution in [0.4, 0.5) is 0 Å². The first-order chi connectivity index (χ1) is 9.74. The molecule has 0 fully saturated rings. The highest BCUT2D eigenvalue weighted by Gasteiger charge is 2.03. The molecule has 0 radical (unpaired) electrons. The maximum atomic E-state index is 12.0. The number of nitrogens with one attached hydrogen (secondary N) is 2. The van der Waals surface area contributed by atoms with E-state index in [4.69, 9.17) is 0 Å². The van der Waals surface area contributed by atoms with Crippen LogP contribution in [-0.2, 0) is 13.0 Å².